The molecule has 0 N–H and O–H groups in total. The molecule has 1 fully saturated rings. The van der Waals surface area contributed by atoms with E-state index in [9.17, 15) is 4.79 Å². The Morgan fingerprint density at radius 2 is 2.00 bits per heavy atom. The predicted molar refractivity (Wildman–Crippen MR) is 116 cm³/mol. The van der Waals surface area contributed by atoms with Crippen LogP contribution in [0.25, 0.3) is 11.5 Å². The summed E-state index contributed by atoms with van der Waals surface area (Å²) in [5.41, 5.74) is 3.09. The van der Waals surface area contributed by atoms with Gasteiger partial charge in [0.25, 0.3) is 5.22 Å². The highest BCUT2D eigenvalue weighted by molar-refractivity contribution is 7.99. The van der Waals surface area contributed by atoms with Gasteiger partial charge in [-0.2, -0.15) is 0 Å². The van der Waals surface area contributed by atoms with Crippen molar-refractivity contribution in [2.45, 2.75) is 31.0 Å². The molecule has 5 rings (SSSR count). The first-order valence-corrected chi connectivity index (χ1v) is 11.4. The first-order chi connectivity index (χ1) is 15.2. The van der Waals surface area contributed by atoms with Crippen LogP contribution in [0.4, 0.5) is 0 Å². The Balaban J connectivity index is 1.24. The van der Waals surface area contributed by atoms with E-state index in [2.05, 4.69) is 10.2 Å². The van der Waals surface area contributed by atoms with Crippen LogP contribution in [-0.4, -0.2) is 46.5 Å². The number of nitrogens with zero attached hydrogens (tertiary/aromatic N) is 3. The molecule has 0 saturated carbocycles. The Kier molecular flexibility index (Phi) is 5.55. The quantitative estimate of drug-likeness (QED) is 0.552. The monoisotopic (exact) mass is 437 g/mol. The Morgan fingerprint density at radius 1 is 1.13 bits per heavy atom. The molecule has 0 aliphatic carbocycles. The summed E-state index contributed by atoms with van der Waals surface area (Å²) in [5.74, 6) is 2.32. The van der Waals surface area contributed by atoms with Crippen LogP contribution in [0, 0.1) is 6.92 Å². The van der Waals surface area contributed by atoms with Crippen molar-refractivity contribution in [1.29, 1.82) is 0 Å². The van der Waals surface area contributed by atoms with E-state index in [1.54, 1.807) is 0 Å². The lowest BCUT2D eigenvalue weighted by Gasteiger charge is -2.26. The summed E-state index contributed by atoms with van der Waals surface area (Å²) in [7, 11) is 0. The topological polar surface area (TPSA) is 77.7 Å². The first kappa shape index (κ1) is 19.9. The minimum Gasteiger partial charge on any atom is -0.486 e. The minimum atomic E-state index is 0.0504. The summed E-state index contributed by atoms with van der Waals surface area (Å²) in [6.07, 6.45) is 1.92. The molecule has 0 radical (unpaired) electrons. The predicted octanol–water partition coefficient (Wildman–Crippen LogP) is 4.27. The zero-order valence-corrected chi connectivity index (χ0v) is 18.1. The Morgan fingerprint density at radius 3 is 2.87 bits per heavy atom. The van der Waals surface area contributed by atoms with Gasteiger partial charge in [-0.05, 0) is 49.6 Å². The van der Waals surface area contributed by atoms with Gasteiger partial charge >= 0.3 is 0 Å². The van der Waals surface area contributed by atoms with Crippen molar-refractivity contribution >= 4 is 17.7 Å². The molecule has 2 aliphatic heterocycles. The smallest absolute Gasteiger partial charge is 0.277 e. The number of ether oxygens (including phenoxy) is 2. The molecule has 1 saturated heterocycles. The van der Waals surface area contributed by atoms with Crippen molar-refractivity contribution in [3.8, 4) is 23.0 Å². The van der Waals surface area contributed by atoms with Crippen LogP contribution in [0.3, 0.4) is 0 Å². The van der Waals surface area contributed by atoms with E-state index in [0.717, 1.165) is 47.6 Å². The highest BCUT2D eigenvalue weighted by atomic mass is 32.2. The number of hydrogen-bond donors (Lipinski definition) is 0. The maximum absolute atomic E-state index is 13.0. The molecule has 1 aromatic heterocycles. The molecule has 0 spiro atoms. The highest BCUT2D eigenvalue weighted by Gasteiger charge is 2.31. The molecule has 3 aromatic rings. The molecule has 3 heterocycles. The molecule has 1 amide bonds. The third-order valence-corrected chi connectivity index (χ3v) is 6.32. The normalized spacial score (nSPS) is 17.7. The van der Waals surface area contributed by atoms with Gasteiger partial charge in [0.15, 0.2) is 11.5 Å². The molecule has 0 unspecified atom stereocenters. The molecule has 160 valence electrons. The van der Waals surface area contributed by atoms with E-state index in [1.807, 2.05) is 54.3 Å². The summed E-state index contributed by atoms with van der Waals surface area (Å²) in [5, 5.41) is 8.61. The largest absolute Gasteiger partial charge is 0.486 e. The van der Waals surface area contributed by atoms with E-state index in [-0.39, 0.29) is 17.7 Å². The number of benzene rings is 2. The molecular formula is C23H23N3O4S. The zero-order chi connectivity index (χ0) is 21.2. The van der Waals surface area contributed by atoms with Gasteiger partial charge < -0.3 is 18.8 Å². The Hall–Kier alpha value is -3.00. The minimum absolute atomic E-state index is 0.0504. The highest BCUT2D eigenvalue weighted by Crippen LogP contribution is 2.38. The van der Waals surface area contributed by atoms with E-state index < -0.39 is 0 Å². The number of rotatable bonds is 5. The van der Waals surface area contributed by atoms with Gasteiger partial charge in [-0.1, -0.05) is 35.5 Å². The lowest BCUT2D eigenvalue weighted by Crippen LogP contribution is -2.32. The van der Waals surface area contributed by atoms with Crippen LogP contribution in [0.2, 0.25) is 0 Å². The number of likely N-dealkylation sites (tertiary alicyclic amines) is 1. The van der Waals surface area contributed by atoms with Crippen LogP contribution < -0.4 is 9.47 Å². The summed E-state index contributed by atoms with van der Waals surface area (Å²) in [4.78, 5) is 14.9. The number of carbonyl (C=O) groups excluding carboxylic acids is 1. The molecule has 7 nitrogen and oxygen atoms in total. The lowest BCUT2D eigenvalue weighted by molar-refractivity contribution is -0.129. The van der Waals surface area contributed by atoms with Gasteiger partial charge in [0.05, 0.1) is 11.8 Å². The average molecular weight is 438 g/mol. The first-order valence-electron chi connectivity index (χ1n) is 10.4. The third kappa shape index (κ3) is 4.25. The lowest BCUT2D eigenvalue weighted by atomic mass is 10.0. The fourth-order valence-corrected chi connectivity index (χ4v) is 4.70. The Bertz CT molecular complexity index is 1100. The van der Waals surface area contributed by atoms with Crippen LogP contribution in [0.15, 0.2) is 52.1 Å². The molecular weight excluding hydrogens is 414 g/mol. The number of thioether (sulfide) groups is 1. The van der Waals surface area contributed by atoms with Crippen LogP contribution in [0.5, 0.6) is 11.5 Å². The Labute approximate surface area is 184 Å². The van der Waals surface area contributed by atoms with E-state index in [4.69, 9.17) is 13.9 Å². The number of aryl methyl sites for hydroxylation is 1. The second-order valence-corrected chi connectivity index (χ2v) is 8.61. The number of fused-ring (bicyclic) bond motifs is 1. The maximum atomic E-state index is 13.0. The zero-order valence-electron chi connectivity index (χ0n) is 17.2. The summed E-state index contributed by atoms with van der Waals surface area (Å²) in [6.45, 7) is 3.88. The van der Waals surface area contributed by atoms with Crippen molar-refractivity contribution in [3.05, 3.63) is 53.6 Å². The van der Waals surface area contributed by atoms with Gasteiger partial charge in [0.2, 0.25) is 11.8 Å². The van der Waals surface area contributed by atoms with Gasteiger partial charge in [0, 0.05) is 12.1 Å². The fraction of sp³-hybridized carbons (Fsp3) is 0.348. The van der Waals surface area contributed by atoms with Gasteiger partial charge in [-0.15, -0.1) is 10.2 Å². The summed E-state index contributed by atoms with van der Waals surface area (Å²) >= 11 is 1.28. The van der Waals surface area contributed by atoms with Gasteiger partial charge in [0.1, 0.15) is 13.2 Å². The van der Waals surface area contributed by atoms with Crippen LogP contribution in [0.1, 0.15) is 30.0 Å². The van der Waals surface area contributed by atoms with Crippen molar-refractivity contribution in [2.24, 2.45) is 0 Å². The second-order valence-electron chi connectivity index (χ2n) is 7.68. The molecule has 0 bridgehead atoms. The molecule has 31 heavy (non-hydrogen) atoms. The standard InChI is InChI=1S/C23H23N3O4S/c1-15-4-2-5-17(12-15)22-24-25-23(30-22)31-14-21(27)26-9-3-6-18(26)16-7-8-19-20(13-16)29-11-10-28-19/h2,4-5,7-8,12-13,18H,3,6,9-11,14H2,1H3/t18-/m0/s1. The SMILES string of the molecule is Cc1cccc(-c2nnc(SCC(=O)N3CCC[C@H]3c3ccc4c(c3)OCCO4)o2)c1. The average Bonchev–Trinajstić information content (AvgIpc) is 3.47. The summed E-state index contributed by atoms with van der Waals surface area (Å²) in [6, 6.07) is 13.9. The maximum Gasteiger partial charge on any atom is 0.277 e. The molecule has 8 heteroatoms. The summed E-state index contributed by atoms with van der Waals surface area (Å²) < 4.78 is 17.1. The number of carbonyl (C=O) groups is 1. The van der Waals surface area contributed by atoms with Crippen molar-refractivity contribution < 1.29 is 18.7 Å². The van der Waals surface area contributed by atoms with Gasteiger partial charge in [-0.25, -0.2) is 0 Å². The molecule has 2 aliphatic rings. The van der Waals surface area contributed by atoms with Crippen LogP contribution in [-0.2, 0) is 4.79 Å². The van der Waals surface area contributed by atoms with E-state index in [0.29, 0.717) is 24.3 Å². The molecule has 2 aromatic carbocycles. The number of hydrogen-bond acceptors (Lipinski definition) is 7. The van der Waals surface area contributed by atoms with Crippen molar-refractivity contribution in [3.63, 3.8) is 0 Å². The van der Waals surface area contributed by atoms with Gasteiger partial charge in [-0.3, -0.25) is 4.79 Å². The third-order valence-electron chi connectivity index (χ3n) is 5.51. The van der Waals surface area contributed by atoms with Crippen LogP contribution >= 0.6 is 11.8 Å². The van der Waals surface area contributed by atoms with Crippen molar-refractivity contribution in [2.75, 3.05) is 25.5 Å². The molecule has 1 atom stereocenters. The van der Waals surface area contributed by atoms with Crippen molar-refractivity contribution in [1.82, 2.24) is 15.1 Å². The fourth-order valence-electron chi connectivity index (χ4n) is 4.05. The number of amides is 1. The van der Waals surface area contributed by atoms with E-state index in [1.165, 1.54) is 11.8 Å². The second kappa shape index (κ2) is 8.63. The number of aromatic nitrogens is 2. The van der Waals surface area contributed by atoms with E-state index >= 15 is 0 Å².